The monoisotopic (exact) mass is 311 g/mol. The number of rotatable bonds is 4. The molecule has 0 atom stereocenters. The Morgan fingerprint density at radius 2 is 1.85 bits per heavy atom. The van der Waals surface area contributed by atoms with Gasteiger partial charge in [0, 0.05) is 0 Å². The molecule has 1 aromatic carbocycles. The van der Waals surface area contributed by atoms with Gasteiger partial charge in [-0.3, -0.25) is 4.72 Å². The van der Waals surface area contributed by atoms with E-state index in [1.165, 1.54) is 13.8 Å². The lowest BCUT2D eigenvalue weighted by molar-refractivity contribution is -0.137. The van der Waals surface area contributed by atoms with Crippen LogP contribution in [0.2, 0.25) is 0 Å². The normalized spacial score (nSPS) is 12.5. The van der Waals surface area contributed by atoms with Crippen LogP contribution < -0.4 is 4.72 Å². The Morgan fingerprint density at radius 1 is 1.30 bits per heavy atom. The van der Waals surface area contributed by atoms with E-state index in [1.54, 1.807) is 0 Å². The zero-order valence-electron chi connectivity index (χ0n) is 10.5. The number of carboxylic acid groups (broad SMARTS) is 1. The summed E-state index contributed by atoms with van der Waals surface area (Å²) in [6.45, 7) is 2.71. The van der Waals surface area contributed by atoms with E-state index in [0.717, 1.165) is 6.07 Å². The molecule has 0 unspecified atom stereocenters. The van der Waals surface area contributed by atoms with Gasteiger partial charge >= 0.3 is 12.1 Å². The number of benzene rings is 1. The van der Waals surface area contributed by atoms with Crippen molar-refractivity contribution in [2.75, 3.05) is 4.72 Å². The van der Waals surface area contributed by atoms with Crippen molar-refractivity contribution in [2.24, 2.45) is 0 Å². The molecule has 2 N–H and O–H groups in total. The molecule has 0 radical (unpaired) electrons. The van der Waals surface area contributed by atoms with Gasteiger partial charge in [0.05, 0.1) is 22.1 Å². The van der Waals surface area contributed by atoms with Crippen LogP contribution in [0.1, 0.15) is 29.8 Å². The van der Waals surface area contributed by atoms with Crippen molar-refractivity contribution in [2.45, 2.75) is 25.3 Å². The summed E-state index contributed by atoms with van der Waals surface area (Å²) < 4.78 is 62.7. The van der Waals surface area contributed by atoms with Crippen molar-refractivity contribution in [3.05, 3.63) is 29.3 Å². The molecule has 5 nitrogen and oxygen atoms in total. The molecule has 20 heavy (non-hydrogen) atoms. The minimum absolute atomic E-state index is 0.389. The van der Waals surface area contributed by atoms with Crippen molar-refractivity contribution in [1.29, 1.82) is 0 Å². The average Bonchev–Trinajstić information content (AvgIpc) is 2.26. The number of hydrogen-bond donors (Lipinski definition) is 2. The highest BCUT2D eigenvalue weighted by atomic mass is 32.2. The fraction of sp³-hybridized carbons (Fsp3) is 0.364. The van der Waals surface area contributed by atoms with Gasteiger partial charge in [-0.05, 0) is 32.0 Å². The van der Waals surface area contributed by atoms with Crippen LogP contribution in [0.25, 0.3) is 0 Å². The smallest absolute Gasteiger partial charge is 0.416 e. The third kappa shape index (κ3) is 3.62. The van der Waals surface area contributed by atoms with Crippen LogP contribution in [0.4, 0.5) is 18.9 Å². The first-order valence-electron chi connectivity index (χ1n) is 5.41. The molecular formula is C11H12F3NO4S. The highest BCUT2D eigenvalue weighted by molar-refractivity contribution is 7.93. The van der Waals surface area contributed by atoms with Gasteiger partial charge < -0.3 is 5.11 Å². The largest absolute Gasteiger partial charge is 0.478 e. The second-order valence-electron chi connectivity index (χ2n) is 4.26. The zero-order valence-corrected chi connectivity index (χ0v) is 11.3. The number of carboxylic acids is 1. The van der Waals surface area contributed by atoms with Crippen LogP contribution in [-0.4, -0.2) is 24.7 Å². The molecule has 0 aromatic heterocycles. The Kier molecular flexibility index (Phi) is 4.33. The first kappa shape index (κ1) is 16.3. The van der Waals surface area contributed by atoms with Crippen molar-refractivity contribution >= 4 is 21.7 Å². The van der Waals surface area contributed by atoms with Crippen molar-refractivity contribution < 1.29 is 31.5 Å². The first-order valence-corrected chi connectivity index (χ1v) is 6.96. The molecule has 0 aliphatic rings. The molecule has 0 saturated carbocycles. The summed E-state index contributed by atoms with van der Waals surface area (Å²) in [6.07, 6.45) is -4.71. The SMILES string of the molecule is CC(C)S(=O)(=O)Nc1ccc(C(F)(F)F)cc1C(=O)O. The molecule has 0 heterocycles. The fourth-order valence-corrected chi connectivity index (χ4v) is 1.98. The van der Waals surface area contributed by atoms with E-state index in [1.807, 2.05) is 4.72 Å². The van der Waals surface area contributed by atoms with Crippen molar-refractivity contribution in [3.63, 3.8) is 0 Å². The number of nitrogens with one attached hydrogen (secondary N) is 1. The Hall–Kier alpha value is -1.77. The van der Waals surface area contributed by atoms with Crippen LogP contribution in [0.3, 0.4) is 0 Å². The van der Waals surface area contributed by atoms with E-state index in [-0.39, 0.29) is 0 Å². The van der Waals surface area contributed by atoms with Crippen LogP contribution in [0.15, 0.2) is 18.2 Å². The van der Waals surface area contributed by atoms with Crippen LogP contribution in [-0.2, 0) is 16.2 Å². The minimum Gasteiger partial charge on any atom is -0.478 e. The van der Waals surface area contributed by atoms with Crippen LogP contribution >= 0.6 is 0 Å². The van der Waals surface area contributed by atoms with Gasteiger partial charge in [-0.1, -0.05) is 0 Å². The van der Waals surface area contributed by atoms with Gasteiger partial charge in [0.2, 0.25) is 10.0 Å². The van der Waals surface area contributed by atoms with Gasteiger partial charge in [0.15, 0.2) is 0 Å². The number of sulfonamides is 1. The standard InChI is InChI=1S/C11H12F3NO4S/c1-6(2)20(18,19)15-9-4-3-7(11(12,13)14)5-8(9)10(16)17/h3-6,15H,1-2H3,(H,16,17). The molecule has 9 heteroatoms. The third-order valence-electron chi connectivity index (χ3n) is 2.45. The number of anilines is 1. The quantitative estimate of drug-likeness (QED) is 0.895. The molecule has 0 aliphatic heterocycles. The molecule has 1 aromatic rings. The maximum atomic E-state index is 12.5. The van der Waals surface area contributed by atoms with Crippen LogP contribution in [0.5, 0.6) is 0 Å². The van der Waals surface area contributed by atoms with Crippen molar-refractivity contribution in [1.82, 2.24) is 0 Å². The van der Waals surface area contributed by atoms with Gasteiger partial charge in [-0.25, -0.2) is 13.2 Å². The molecule has 1 rings (SSSR count). The predicted octanol–water partition coefficient (Wildman–Crippen LogP) is 2.55. The molecule has 0 amide bonds. The molecule has 0 spiro atoms. The summed E-state index contributed by atoms with van der Waals surface area (Å²) in [4.78, 5) is 11.0. The van der Waals surface area contributed by atoms with E-state index in [9.17, 15) is 26.4 Å². The minimum atomic E-state index is -4.71. The molecule has 0 bridgehead atoms. The van der Waals surface area contributed by atoms with Gasteiger partial charge in [-0.2, -0.15) is 13.2 Å². The first-order chi connectivity index (χ1) is 8.95. The summed E-state index contributed by atoms with van der Waals surface area (Å²) >= 11 is 0. The third-order valence-corrected chi connectivity index (χ3v) is 4.20. The number of carbonyl (C=O) groups is 1. The predicted molar refractivity (Wildman–Crippen MR) is 66.1 cm³/mol. The number of halogens is 3. The molecule has 112 valence electrons. The van der Waals surface area contributed by atoms with Crippen LogP contribution in [0, 0.1) is 0 Å². The maximum absolute atomic E-state index is 12.5. The van der Waals surface area contributed by atoms with Gasteiger partial charge in [0.1, 0.15) is 0 Å². The lowest BCUT2D eigenvalue weighted by Gasteiger charge is -2.14. The summed E-state index contributed by atoms with van der Waals surface area (Å²) in [6, 6.07) is 1.79. The Balaban J connectivity index is 3.32. The highest BCUT2D eigenvalue weighted by Crippen LogP contribution is 2.32. The van der Waals surface area contributed by atoms with Gasteiger partial charge in [0.25, 0.3) is 0 Å². The molecule has 0 fully saturated rings. The topological polar surface area (TPSA) is 83.5 Å². The second kappa shape index (κ2) is 5.31. The summed E-state index contributed by atoms with van der Waals surface area (Å²) in [7, 11) is -3.85. The van der Waals surface area contributed by atoms with E-state index >= 15 is 0 Å². The Labute approximate surface area is 113 Å². The summed E-state index contributed by atoms with van der Waals surface area (Å²) in [5.41, 5.74) is -2.33. The lowest BCUT2D eigenvalue weighted by atomic mass is 10.1. The van der Waals surface area contributed by atoms with Gasteiger partial charge in [-0.15, -0.1) is 0 Å². The number of alkyl halides is 3. The number of aromatic carboxylic acids is 1. The number of hydrogen-bond acceptors (Lipinski definition) is 3. The maximum Gasteiger partial charge on any atom is 0.416 e. The summed E-state index contributed by atoms with van der Waals surface area (Å²) in [5, 5.41) is 8.03. The van der Waals surface area contributed by atoms with E-state index in [4.69, 9.17) is 5.11 Å². The van der Waals surface area contributed by atoms with E-state index < -0.39 is 44.2 Å². The Bertz CT molecular complexity index is 623. The van der Waals surface area contributed by atoms with Crippen molar-refractivity contribution in [3.8, 4) is 0 Å². The Morgan fingerprint density at radius 3 is 2.25 bits per heavy atom. The lowest BCUT2D eigenvalue weighted by Crippen LogP contribution is -2.24. The fourth-order valence-electron chi connectivity index (χ4n) is 1.26. The molecule has 0 aliphatic carbocycles. The van der Waals surface area contributed by atoms with E-state index in [0.29, 0.717) is 12.1 Å². The zero-order chi connectivity index (χ0) is 15.7. The molecular weight excluding hydrogens is 299 g/mol. The molecule has 0 saturated heterocycles. The van der Waals surface area contributed by atoms with E-state index in [2.05, 4.69) is 0 Å². The summed E-state index contributed by atoms with van der Waals surface area (Å²) in [5.74, 6) is -1.66. The average molecular weight is 311 g/mol. The highest BCUT2D eigenvalue weighted by Gasteiger charge is 2.32. The second-order valence-corrected chi connectivity index (χ2v) is 6.50.